The second-order valence-corrected chi connectivity index (χ2v) is 6.50. The summed E-state index contributed by atoms with van der Waals surface area (Å²) in [5.74, 6) is 3.26. The number of hydrogen-bond acceptors (Lipinski definition) is 4. The Bertz CT molecular complexity index is 567. The van der Waals surface area contributed by atoms with Crippen LogP contribution in [0.15, 0.2) is 18.2 Å². The number of ether oxygens (including phenoxy) is 2. The van der Waals surface area contributed by atoms with Crippen LogP contribution in [0.4, 0.5) is 0 Å². The predicted molar refractivity (Wildman–Crippen MR) is 89.2 cm³/mol. The summed E-state index contributed by atoms with van der Waals surface area (Å²) in [4.78, 5) is 14.6. The molecule has 0 bridgehead atoms. The summed E-state index contributed by atoms with van der Waals surface area (Å²) in [6, 6.07) is 5.78. The van der Waals surface area contributed by atoms with Gasteiger partial charge in [-0.05, 0) is 55.5 Å². The number of halogens is 1. The summed E-state index contributed by atoms with van der Waals surface area (Å²) in [6.07, 6.45) is 2.71. The summed E-state index contributed by atoms with van der Waals surface area (Å²) in [6.45, 7) is 4.30. The molecule has 0 saturated carbocycles. The molecular weight excluding hydrogens is 316 g/mol. The van der Waals surface area contributed by atoms with Gasteiger partial charge in [-0.2, -0.15) is 0 Å². The molecule has 6 heteroatoms. The average molecular weight is 339 g/mol. The van der Waals surface area contributed by atoms with Gasteiger partial charge in [0.1, 0.15) is 0 Å². The van der Waals surface area contributed by atoms with Crippen LogP contribution >= 0.6 is 12.4 Å². The molecular formula is C17H23ClN2O3. The van der Waals surface area contributed by atoms with Crippen molar-refractivity contribution >= 4 is 18.3 Å². The predicted octanol–water partition coefficient (Wildman–Crippen LogP) is 1.84. The zero-order valence-electron chi connectivity index (χ0n) is 13.1. The first-order valence-electron chi connectivity index (χ1n) is 8.16. The summed E-state index contributed by atoms with van der Waals surface area (Å²) >= 11 is 0. The minimum Gasteiger partial charge on any atom is -0.454 e. The highest BCUT2D eigenvalue weighted by Crippen LogP contribution is 2.33. The molecule has 2 fully saturated rings. The molecule has 0 aliphatic carbocycles. The molecule has 1 aromatic carbocycles. The first kappa shape index (κ1) is 16.4. The minimum absolute atomic E-state index is 0. The summed E-state index contributed by atoms with van der Waals surface area (Å²) in [7, 11) is 0. The Kier molecular flexibility index (Phi) is 4.97. The van der Waals surface area contributed by atoms with Gasteiger partial charge in [-0.1, -0.05) is 6.07 Å². The first-order valence-corrected chi connectivity index (χ1v) is 8.16. The van der Waals surface area contributed by atoms with Gasteiger partial charge >= 0.3 is 0 Å². The van der Waals surface area contributed by atoms with Crippen molar-refractivity contribution in [2.75, 3.05) is 33.0 Å². The molecule has 0 radical (unpaired) electrons. The molecule has 126 valence electrons. The highest BCUT2D eigenvalue weighted by molar-refractivity contribution is 5.85. The topological polar surface area (TPSA) is 50.8 Å². The third kappa shape index (κ3) is 3.40. The van der Waals surface area contributed by atoms with Gasteiger partial charge < -0.3 is 19.7 Å². The van der Waals surface area contributed by atoms with Crippen molar-refractivity contribution in [1.82, 2.24) is 10.2 Å². The molecule has 1 N–H and O–H groups in total. The number of hydrogen-bond donors (Lipinski definition) is 1. The van der Waals surface area contributed by atoms with Gasteiger partial charge in [-0.15, -0.1) is 12.4 Å². The maximum Gasteiger partial charge on any atom is 0.231 e. The zero-order valence-corrected chi connectivity index (χ0v) is 13.9. The number of nitrogens with zero attached hydrogens (tertiary/aromatic N) is 1. The van der Waals surface area contributed by atoms with E-state index in [9.17, 15) is 4.79 Å². The summed E-state index contributed by atoms with van der Waals surface area (Å²) in [5.41, 5.74) is 1.00. The number of benzene rings is 1. The molecule has 3 heterocycles. The fourth-order valence-electron chi connectivity index (χ4n) is 3.80. The van der Waals surface area contributed by atoms with Gasteiger partial charge in [0, 0.05) is 13.1 Å². The average Bonchev–Trinajstić information content (AvgIpc) is 3.12. The Balaban J connectivity index is 0.00000156. The summed E-state index contributed by atoms with van der Waals surface area (Å²) in [5, 5.41) is 3.47. The molecule has 2 atom stereocenters. The first-order chi connectivity index (χ1) is 10.8. The number of fused-ring (bicyclic) bond motifs is 2. The van der Waals surface area contributed by atoms with Crippen molar-refractivity contribution < 1.29 is 14.3 Å². The fourth-order valence-corrected chi connectivity index (χ4v) is 3.80. The van der Waals surface area contributed by atoms with E-state index in [1.165, 1.54) is 0 Å². The van der Waals surface area contributed by atoms with Gasteiger partial charge in [0.25, 0.3) is 0 Å². The third-order valence-corrected chi connectivity index (χ3v) is 5.16. The van der Waals surface area contributed by atoms with Crippen LogP contribution in [0.2, 0.25) is 0 Å². The molecule has 5 nitrogen and oxygen atoms in total. The number of carbonyl (C=O) groups is 1. The summed E-state index contributed by atoms with van der Waals surface area (Å²) < 4.78 is 10.7. The Hall–Kier alpha value is -1.46. The van der Waals surface area contributed by atoms with Crippen molar-refractivity contribution in [2.24, 2.45) is 11.8 Å². The maximum absolute atomic E-state index is 12.6. The molecule has 1 aromatic rings. The van der Waals surface area contributed by atoms with E-state index in [2.05, 4.69) is 5.32 Å². The van der Waals surface area contributed by atoms with Crippen LogP contribution in [0.25, 0.3) is 0 Å². The number of carbonyl (C=O) groups excluding carboxylic acids is 1. The fraction of sp³-hybridized carbons (Fsp3) is 0.588. The lowest BCUT2D eigenvalue weighted by Gasteiger charge is -2.21. The van der Waals surface area contributed by atoms with Crippen LogP contribution in [-0.4, -0.2) is 43.8 Å². The molecule has 1 amide bonds. The maximum atomic E-state index is 12.6. The lowest BCUT2D eigenvalue weighted by Crippen LogP contribution is -2.33. The number of amides is 1. The van der Waals surface area contributed by atoms with E-state index in [1.807, 2.05) is 23.1 Å². The monoisotopic (exact) mass is 338 g/mol. The second-order valence-electron chi connectivity index (χ2n) is 6.50. The Morgan fingerprint density at radius 1 is 1.13 bits per heavy atom. The van der Waals surface area contributed by atoms with Gasteiger partial charge in [0.2, 0.25) is 12.7 Å². The molecule has 23 heavy (non-hydrogen) atoms. The minimum atomic E-state index is 0. The van der Waals surface area contributed by atoms with Crippen LogP contribution in [0.1, 0.15) is 18.4 Å². The largest absolute Gasteiger partial charge is 0.454 e. The molecule has 0 spiro atoms. The zero-order chi connectivity index (χ0) is 14.9. The van der Waals surface area contributed by atoms with Crippen LogP contribution < -0.4 is 14.8 Å². The van der Waals surface area contributed by atoms with Crippen LogP contribution in [0.5, 0.6) is 11.5 Å². The second kappa shape index (κ2) is 6.97. The number of nitrogens with one attached hydrogen (secondary N) is 1. The molecule has 0 aromatic heterocycles. The van der Waals surface area contributed by atoms with E-state index >= 15 is 0 Å². The lowest BCUT2D eigenvalue weighted by molar-refractivity contribution is -0.130. The smallest absolute Gasteiger partial charge is 0.231 e. The Morgan fingerprint density at radius 2 is 1.83 bits per heavy atom. The Labute approximate surface area is 142 Å². The molecule has 0 unspecified atom stereocenters. The van der Waals surface area contributed by atoms with Gasteiger partial charge in [-0.25, -0.2) is 0 Å². The van der Waals surface area contributed by atoms with Crippen LogP contribution in [-0.2, 0) is 11.2 Å². The van der Waals surface area contributed by atoms with Crippen LogP contribution in [0.3, 0.4) is 0 Å². The van der Waals surface area contributed by atoms with Gasteiger partial charge in [-0.3, -0.25) is 4.79 Å². The highest BCUT2D eigenvalue weighted by Gasteiger charge is 2.31. The van der Waals surface area contributed by atoms with E-state index in [0.717, 1.165) is 67.9 Å². The molecule has 2 saturated heterocycles. The quantitative estimate of drug-likeness (QED) is 0.894. The third-order valence-electron chi connectivity index (χ3n) is 5.16. The van der Waals surface area contributed by atoms with E-state index in [-0.39, 0.29) is 25.1 Å². The molecule has 4 rings (SSSR count). The highest BCUT2D eigenvalue weighted by atomic mass is 35.5. The van der Waals surface area contributed by atoms with E-state index in [0.29, 0.717) is 6.42 Å². The Morgan fingerprint density at radius 3 is 2.57 bits per heavy atom. The SMILES string of the molecule is Cl.O=C(Cc1ccc2c(c1)OCO2)N1CC[C@@H]2CNC[C@@H]2CC1. The molecule has 3 aliphatic heterocycles. The standard InChI is InChI=1S/C17H22N2O3.ClH/c20-17(8-12-1-2-15-16(7-12)22-11-21-15)19-5-3-13-9-18-10-14(13)4-6-19;/h1-2,7,13-14,18H,3-6,8-11H2;1H/t13-,14+;. The number of likely N-dealkylation sites (tertiary alicyclic amines) is 1. The number of rotatable bonds is 2. The van der Waals surface area contributed by atoms with E-state index in [1.54, 1.807) is 0 Å². The van der Waals surface area contributed by atoms with E-state index < -0.39 is 0 Å². The van der Waals surface area contributed by atoms with Gasteiger partial charge in [0.05, 0.1) is 6.42 Å². The van der Waals surface area contributed by atoms with Crippen LogP contribution in [0, 0.1) is 11.8 Å². The van der Waals surface area contributed by atoms with Crippen molar-refractivity contribution in [2.45, 2.75) is 19.3 Å². The van der Waals surface area contributed by atoms with Crippen molar-refractivity contribution in [3.8, 4) is 11.5 Å². The normalized spacial score (nSPS) is 25.5. The molecule has 3 aliphatic rings. The van der Waals surface area contributed by atoms with Crippen molar-refractivity contribution in [3.63, 3.8) is 0 Å². The van der Waals surface area contributed by atoms with Crippen molar-refractivity contribution in [1.29, 1.82) is 0 Å². The van der Waals surface area contributed by atoms with Crippen molar-refractivity contribution in [3.05, 3.63) is 23.8 Å². The van der Waals surface area contributed by atoms with Gasteiger partial charge in [0.15, 0.2) is 11.5 Å². The van der Waals surface area contributed by atoms with E-state index in [4.69, 9.17) is 9.47 Å². The lowest BCUT2D eigenvalue weighted by atomic mass is 9.92.